The van der Waals surface area contributed by atoms with Crippen molar-refractivity contribution in [1.82, 2.24) is 25.3 Å². The maximum atomic E-state index is 12.4. The summed E-state index contributed by atoms with van der Waals surface area (Å²) in [7, 11) is 0. The molecular weight excluding hydrogens is 429 g/mol. The Morgan fingerprint density at radius 3 is 2.88 bits per heavy atom. The zero-order valence-corrected chi connectivity index (χ0v) is 17.2. The van der Waals surface area contributed by atoms with E-state index in [2.05, 4.69) is 30.2 Å². The van der Waals surface area contributed by atoms with Crippen LogP contribution in [0, 0.1) is 0 Å². The van der Waals surface area contributed by atoms with Gasteiger partial charge < -0.3 is 25.3 Å². The fraction of sp³-hybridized carbons (Fsp3) is 0.421. The molecule has 10 nitrogen and oxygen atoms in total. The van der Waals surface area contributed by atoms with Crippen LogP contribution in [0.25, 0.3) is 22.3 Å². The van der Waals surface area contributed by atoms with E-state index in [4.69, 9.17) is 4.74 Å². The molecule has 1 aliphatic rings. The SMILES string of the molecule is C[C@H](Nc1nc(-c2c[nH]c3nc[nH+]cc23)cc(N2CCOCC2)n1)C(=O)NCC(F)(F)F. The first-order valence-corrected chi connectivity index (χ1v) is 9.96. The summed E-state index contributed by atoms with van der Waals surface area (Å²) in [6.45, 7) is 2.38. The quantitative estimate of drug-likeness (QED) is 0.514. The number of fused-ring (bicyclic) bond motifs is 1. The third-order valence-electron chi connectivity index (χ3n) is 4.92. The van der Waals surface area contributed by atoms with Gasteiger partial charge in [0, 0.05) is 30.9 Å². The normalized spacial score (nSPS) is 15.6. The molecule has 1 atom stereocenters. The molecule has 3 aromatic rings. The Hall–Kier alpha value is -3.48. The summed E-state index contributed by atoms with van der Waals surface area (Å²) in [4.78, 5) is 33.4. The van der Waals surface area contributed by atoms with Crippen molar-refractivity contribution in [2.75, 3.05) is 43.1 Å². The first-order chi connectivity index (χ1) is 15.3. The number of rotatable bonds is 6. The Kier molecular flexibility index (Phi) is 6.08. The Bertz CT molecular complexity index is 1100. The molecule has 4 rings (SSSR count). The van der Waals surface area contributed by atoms with E-state index in [1.807, 2.05) is 16.3 Å². The van der Waals surface area contributed by atoms with E-state index in [9.17, 15) is 18.0 Å². The molecule has 0 aliphatic carbocycles. The lowest BCUT2D eigenvalue weighted by molar-refractivity contribution is -0.380. The molecule has 1 amide bonds. The molecule has 0 aromatic carbocycles. The summed E-state index contributed by atoms with van der Waals surface area (Å²) >= 11 is 0. The van der Waals surface area contributed by atoms with Crippen LogP contribution in [-0.2, 0) is 9.53 Å². The smallest absolute Gasteiger partial charge is 0.378 e. The Labute approximate surface area is 180 Å². The highest BCUT2D eigenvalue weighted by molar-refractivity contribution is 5.92. The monoisotopic (exact) mass is 451 g/mol. The molecular formula is C19H22F3N8O2+. The van der Waals surface area contributed by atoms with Crippen molar-refractivity contribution in [3.05, 3.63) is 24.8 Å². The van der Waals surface area contributed by atoms with Crippen LogP contribution in [0.5, 0.6) is 0 Å². The minimum atomic E-state index is -4.49. The molecule has 0 saturated carbocycles. The van der Waals surface area contributed by atoms with Crippen molar-refractivity contribution >= 4 is 28.7 Å². The van der Waals surface area contributed by atoms with E-state index in [-0.39, 0.29) is 5.95 Å². The van der Waals surface area contributed by atoms with Crippen molar-refractivity contribution in [2.45, 2.75) is 19.1 Å². The molecule has 1 aliphatic heterocycles. The fourth-order valence-corrected chi connectivity index (χ4v) is 3.30. The zero-order valence-electron chi connectivity index (χ0n) is 17.2. The van der Waals surface area contributed by atoms with Crippen molar-refractivity contribution in [3.8, 4) is 11.3 Å². The molecule has 0 radical (unpaired) electrons. The summed E-state index contributed by atoms with van der Waals surface area (Å²) in [6.07, 6.45) is 0.608. The Balaban J connectivity index is 1.64. The second-order valence-corrected chi connectivity index (χ2v) is 7.27. The largest absolute Gasteiger partial charge is 0.405 e. The number of H-pyrrole nitrogens is 2. The van der Waals surface area contributed by atoms with E-state index in [1.54, 1.807) is 18.7 Å². The number of carbonyl (C=O) groups is 1. The van der Waals surface area contributed by atoms with Gasteiger partial charge in [0.15, 0.2) is 0 Å². The fourth-order valence-electron chi connectivity index (χ4n) is 3.30. The highest BCUT2D eigenvalue weighted by Crippen LogP contribution is 2.29. The maximum Gasteiger partial charge on any atom is 0.405 e. The number of nitrogens with one attached hydrogen (secondary N) is 4. The number of aromatic amines is 2. The van der Waals surface area contributed by atoms with Crippen molar-refractivity contribution < 1.29 is 27.7 Å². The summed E-state index contributed by atoms with van der Waals surface area (Å²) < 4.78 is 42.6. The van der Waals surface area contributed by atoms with Crippen LogP contribution < -0.4 is 20.5 Å². The van der Waals surface area contributed by atoms with E-state index in [0.29, 0.717) is 43.5 Å². The molecule has 32 heavy (non-hydrogen) atoms. The van der Waals surface area contributed by atoms with Crippen LogP contribution in [0.2, 0.25) is 0 Å². The zero-order chi connectivity index (χ0) is 22.7. The van der Waals surface area contributed by atoms with Crippen molar-refractivity contribution in [3.63, 3.8) is 0 Å². The number of halogens is 3. The van der Waals surface area contributed by atoms with Gasteiger partial charge in [-0.1, -0.05) is 0 Å². The highest BCUT2D eigenvalue weighted by Gasteiger charge is 2.29. The molecule has 1 saturated heterocycles. The molecule has 3 aromatic heterocycles. The third kappa shape index (κ3) is 5.04. The molecule has 0 spiro atoms. The summed E-state index contributed by atoms with van der Waals surface area (Å²) in [6, 6.07) is 0.837. The van der Waals surface area contributed by atoms with Crippen LogP contribution in [0.15, 0.2) is 24.8 Å². The van der Waals surface area contributed by atoms with Crippen LogP contribution >= 0.6 is 0 Å². The van der Waals surface area contributed by atoms with Gasteiger partial charge in [0.2, 0.25) is 11.9 Å². The van der Waals surface area contributed by atoms with Gasteiger partial charge in [-0.05, 0) is 11.9 Å². The predicted molar refractivity (Wildman–Crippen MR) is 109 cm³/mol. The van der Waals surface area contributed by atoms with Crippen LogP contribution in [0.3, 0.4) is 0 Å². The number of aromatic nitrogens is 5. The van der Waals surface area contributed by atoms with E-state index >= 15 is 0 Å². The van der Waals surface area contributed by atoms with Crippen molar-refractivity contribution in [1.29, 1.82) is 0 Å². The van der Waals surface area contributed by atoms with Gasteiger partial charge in [-0.3, -0.25) is 4.79 Å². The first kappa shape index (κ1) is 21.7. The number of hydrogen-bond donors (Lipinski definition) is 3. The second-order valence-electron chi connectivity index (χ2n) is 7.27. The number of nitrogens with zero attached hydrogens (tertiary/aromatic N) is 4. The maximum absolute atomic E-state index is 12.4. The minimum absolute atomic E-state index is 0.126. The van der Waals surface area contributed by atoms with Crippen molar-refractivity contribution in [2.24, 2.45) is 0 Å². The molecule has 0 bridgehead atoms. The van der Waals surface area contributed by atoms with Gasteiger partial charge in [-0.25, -0.2) is 9.97 Å². The standard InChI is InChI=1S/C19H21F3N8O2/c1-11(17(31)25-9-19(20,21)22)27-18-28-14(6-15(29-18)30-2-4-32-5-3-30)12-8-24-16-13(12)7-23-10-26-16/h6-8,10-11H,2-5,9H2,1H3,(H,25,31)(H,23,24,26)(H,27,28,29)/p+1/t11-/m0/s1. The molecule has 4 N–H and O–H groups in total. The molecule has 13 heteroatoms. The Morgan fingerprint density at radius 1 is 1.34 bits per heavy atom. The van der Waals surface area contributed by atoms with Gasteiger partial charge in [-0.15, -0.1) is 0 Å². The number of ether oxygens (including phenoxy) is 1. The summed E-state index contributed by atoms with van der Waals surface area (Å²) in [5.74, 6) is -0.0677. The molecule has 170 valence electrons. The third-order valence-corrected chi connectivity index (χ3v) is 4.92. The predicted octanol–water partition coefficient (Wildman–Crippen LogP) is 1.15. The summed E-state index contributed by atoms with van der Waals surface area (Å²) in [5.41, 5.74) is 2.00. The first-order valence-electron chi connectivity index (χ1n) is 9.96. The topological polar surface area (TPSA) is 122 Å². The van der Waals surface area contributed by atoms with E-state index in [1.165, 1.54) is 6.92 Å². The average Bonchev–Trinajstić information content (AvgIpc) is 3.21. The molecule has 0 unspecified atom stereocenters. The summed E-state index contributed by atoms with van der Waals surface area (Å²) in [5, 5.41) is 5.48. The van der Waals surface area contributed by atoms with E-state index < -0.39 is 24.7 Å². The molecule has 4 heterocycles. The number of anilines is 2. The van der Waals surface area contributed by atoms with Crippen LogP contribution in [0.1, 0.15) is 6.92 Å². The lowest BCUT2D eigenvalue weighted by Gasteiger charge is -2.28. The number of hydrogen-bond acceptors (Lipinski definition) is 7. The Morgan fingerprint density at radius 2 is 2.12 bits per heavy atom. The minimum Gasteiger partial charge on any atom is -0.378 e. The van der Waals surface area contributed by atoms with Gasteiger partial charge in [-0.2, -0.15) is 18.2 Å². The lowest BCUT2D eigenvalue weighted by Crippen LogP contribution is -2.42. The van der Waals surface area contributed by atoms with Gasteiger partial charge in [0.25, 0.3) is 12.0 Å². The number of alkyl halides is 3. The van der Waals surface area contributed by atoms with Gasteiger partial charge >= 0.3 is 6.18 Å². The van der Waals surface area contributed by atoms with Crippen LogP contribution in [0.4, 0.5) is 24.9 Å². The number of carbonyl (C=O) groups excluding carboxylic acids is 1. The van der Waals surface area contributed by atoms with E-state index in [0.717, 1.165) is 10.9 Å². The number of amides is 1. The average molecular weight is 451 g/mol. The van der Waals surface area contributed by atoms with Gasteiger partial charge in [0.1, 0.15) is 24.6 Å². The number of morpholine rings is 1. The highest BCUT2D eigenvalue weighted by atomic mass is 19.4. The lowest BCUT2D eigenvalue weighted by atomic mass is 10.1. The molecule has 1 fully saturated rings. The van der Waals surface area contributed by atoms with Crippen LogP contribution in [-0.4, -0.2) is 70.9 Å². The van der Waals surface area contributed by atoms with Gasteiger partial charge in [0.05, 0.1) is 24.3 Å². The second kappa shape index (κ2) is 8.94.